The van der Waals surface area contributed by atoms with Gasteiger partial charge in [-0.15, -0.1) is 11.8 Å². The first-order valence-electron chi connectivity index (χ1n) is 8.23. The highest BCUT2D eigenvalue weighted by Crippen LogP contribution is 2.19. The molecule has 0 bridgehead atoms. The Hall–Kier alpha value is -1.77. The molecule has 0 aliphatic carbocycles. The lowest BCUT2D eigenvalue weighted by Gasteiger charge is -2.31. The van der Waals surface area contributed by atoms with E-state index in [9.17, 15) is 14.4 Å². The number of anilines is 1. The van der Waals surface area contributed by atoms with E-state index in [2.05, 4.69) is 5.32 Å². The summed E-state index contributed by atoms with van der Waals surface area (Å²) < 4.78 is 4.75. The predicted octanol–water partition coefficient (Wildman–Crippen LogP) is -0.0898. The topological polar surface area (TPSA) is 80.2 Å². The number of hydrogen-bond acceptors (Lipinski definition) is 5. The highest BCUT2D eigenvalue weighted by atomic mass is 35.5. The smallest absolute Gasteiger partial charge is 0.320 e. The summed E-state index contributed by atoms with van der Waals surface area (Å²) in [6, 6.07) is 6.84. The molecule has 0 saturated carbocycles. The molecule has 26 heavy (non-hydrogen) atoms. The normalized spacial score (nSPS) is 18.1. The van der Waals surface area contributed by atoms with Crippen molar-refractivity contribution < 1.29 is 24.0 Å². The summed E-state index contributed by atoms with van der Waals surface area (Å²) >= 11 is 7.31. The highest BCUT2D eigenvalue weighted by molar-refractivity contribution is 8.00. The molecule has 9 heteroatoms. The molecule has 1 fully saturated rings. The van der Waals surface area contributed by atoms with E-state index < -0.39 is 0 Å². The maximum Gasteiger partial charge on any atom is 0.320 e. The van der Waals surface area contributed by atoms with Crippen molar-refractivity contribution in [2.45, 2.75) is 5.25 Å². The molecular formula is C17H23ClN3O4S+. The molecule has 7 nitrogen and oxygen atoms in total. The van der Waals surface area contributed by atoms with Crippen molar-refractivity contribution in [2.75, 3.05) is 51.4 Å². The van der Waals surface area contributed by atoms with E-state index in [0.717, 1.165) is 4.90 Å². The van der Waals surface area contributed by atoms with Gasteiger partial charge in [0.1, 0.15) is 5.25 Å². The zero-order chi connectivity index (χ0) is 19.1. The van der Waals surface area contributed by atoms with Crippen molar-refractivity contribution in [3.05, 3.63) is 29.3 Å². The Kier molecular flexibility index (Phi) is 7.74. The Bertz CT molecular complexity index is 656. The molecule has 142 valence electrons. The quantitative estimate of drug-likeness (QED) is 0.652. The fraction of sp³-hybridized carbons (Fsp3) is 0.471. The van der Waals surface area contributed by atoms with Gasteiger partial charge in [-0.3, -0.25) is 14.4 Å². The largest absolute Gasteiger partial charge is 0.468 e. The monoisotopic (exact) mass is 400 g/mol. The van der Waals surface area contributed by atoms with Crippen LogP contribution in [0.3, 0.4) is 0 Å². The number of ether oxygens (including phenoxy) is 1. The second-order valence-corrected chi connectivity index (χ2v) is 7.84. The molecule has 1 aliphatic heterocycles. The predicted molar refractivity (Wildman–Crippen MR) is 102 cm³/mol. The molecule has 0 spiro atoms. The molecule has 1 aromatic carbocycles. The number of methoxy groups -OCH3 is 1. The summed E-state index contributed by atoms with van der Waals surface area (Å²) in [7, 11) is 3.14. The minimum atomic E-state index is -0.341. The molecule has 0 radical (unpaired) electrons. The van der Waals surface area contributed by atoms with Crippen LogP contribution >= 0.6 is 23.4 Å². The molecule has 2 rings (SSSR count). The zero-order valence-corrected chi connectivity index (χ0v) is 16.4. The number of nitrogens with one attached hydrogen (secondary N) is 2. The fourth-order valence-corrected chi connectivity index (χ4v) is 3.85. The number of benzene rings is 1. The summed E-state index contributed by atoms with van der Waals surface area (Å²) in [6.45, 7) is 1.30. The minimum absolute atomic E-state index is 0.0732. The Morgan fingerprint density at radius 2 is 2.00 bits per heavy atom. The van der Waals surface area contributed by atoms with Gasteiger partial charge < -0.3 is 19.9 Å². The number of amides is 2. The number of quaternary nitrogens is 1. The van der Waals surface area contributed by atoms with Gasteiger partial charge in [-0.2, -0.15) is 0 Å². The van der Waals surface area contributed by atoms with Gasteiger partial charge in [-0.25, -0.2) is 0 Å². The first-order valence-corrected chi connectivity index (χ1v) is 9.65. The average Bonchev–Trinajstić information content (AvgIpc) is 2.62. The third-order valence-electron chi connectivity index (χ3n) is 3.93. The number of hydrogen-bond donors (Lipinski definition) is 2. The van der Waals surface area contributed by atoms with Crippen molar-refractivity contribution in [1.29, 1.82) is 0 Å². The van der Waals surface area contributed by atoms with Gasteiger partial charge >= 0.3 is 5.97 Å². The molecular weight excluding hydrogens is 378 g/mol. The van der Waals surface area contributed by atoms with E-state index in [1.54, 1.807) is 36.2 Å². The molecule has 1 saturated heterocycles. The molecule has 1 aliphatic rings. The first-order chi connectivity index (χ1) is 12.4. The maximum atomic E-state index is 12.4. The third-order valence-corrected chi connectivity index (χ3v) is 5.34. The number of thioether (sulfide) groups is 1. The number of rotatable bonds is 6. The summed E-state index contributed by atoms with van der Waals surface area (Å²) in [5.74, 6) is 0.132. The van der Waals surface area contributed by atoms with Crippen molar-refractivity contribution in [2.24, 2.45) is 0 Å². The Labute approximate surface area is 162 Å². The molecule has 1 unspecified atom stereocenters. The van der Waals surface area contributed by atoms with Crippen LogP contribution in [0.2, 0.25) is 5.02 Å². The summed E-state index contributed by atoms with van der Waals surface area (Å²) in [5.41, 5.74) is 0.660. The van der Waals surface area contributed by atoms with Crippen LogP contribution in [0, 0.1) is 0 Å². The van der Waals surface area contributed by atoms with Gasteiger partial charge in [0.05, 0.1) is 14.2 Å². The lowest BCUT2D eigenvalue weighted by atomic mass is 10.3. The van der Waals surface area contributed by atoms with Gasteiger partial charge in [0.15, 0.2) is 13.1 Å². The van der Waals surface area contributed by atoms with E-state index >= 15 is 0 Å². The van der Waals surface area contributed by atoms with Crippen LogP contribution in [0.25, 0.3) is 0 Å². The molecule has 1 heterocycles. The van der Waals surface area contributed by atoms with Crippen LogP contribution in [0.15, 0.2) is 24.3 Å². The van der Waals surface area contributed by atoms with Crippen molar-refractivity contribution >= 4 is 46.8 Å². The summed E-state index contributed by atoms with van der Waals surface area (Å²) in [5, 5.41) is 3.03. The highest BCUT2D eigenvalue weighted by Gasteiger charge is 2.30. The van der Waals surface area contributed by atoms with Crippen LogP contribution in [-0.2, 0) is 19.1 Å². The number of likely N-dealkylation sites (N-methyl/N-ethyl adjacent to an activating group) is 1. The van der Waals surface area contributed by atoms with E-state index in [-0.39, 0.29) is 36.1 Å². The van der Waals surface area contributed by atoms with Crippen LogP contribution in [0.5, 0.6) is 0 Å². The van der Waals surface area contributed by atoms with Crippen molar-refractivity contribution in [3.63, 3.8) is 0 Å². The van der Waals surface area contributed by atoms with Gasteiger partial charge in [0.25, 0.3) is 11.8 Å². The fourth-order valence-electron chi connectivity index (χ4n) is 2.59. The van der Waals surface area contributed by atoms with Gasteiger partial charge in [-0.05, 0) is 24.3 Å². The average molecular weight is 401 g/mol. The van der Waals surface area contributed by atoms with Crippen molar-refractivity contribution in [1.82, 2.24) is 4.90 Å². The Balaban J connectivity index is 1.79. The van der Waals surface area contributed by atoms with E-state index in [4.69, 9.17) is 16.3 Å². The van der Waals surface area contributed by atoms with Crippen molar-refractivity contribution in [3.8, 4) is 0 Å². The third kappa shape index (κ3) is 6.19. The minimum Gasteiger partial charge on any atom is -0.468 e. The van der Waals surface area contributed by atoms with E-state index in [1.165, 1.54) is 18.9 Å². The van der Waals surface area contributed by atoms with E-state index in [0.29, 0.717) is 29.6 Å². The van der Waals surface area contributed by atoms with Crippen LogP contribution in [0.4, 0.5) is 5.69 Å². The molecule has 0 aromatic heterocycles. The van der Waals surface area contributed by atoms with Crippen LogP contribution in [-0.4, -0.2) is 74.0 Å². The van der Waals surface area contributed by atoms with E-state index in [1.807, 2.05) is 0 Å². The number of carbonyl (C=O) groups is 3. The van der Waals surface area contributed by atoms with Gasteiger partial charge in [0.2, 0.25) is 0 Å². The van der Waals surface area contributed by atoms with Crippen LogP contribution in [0.1, 0.15) is 0 Å². The number of halogens is 1. The Morgan fingerprint density at radius 3 is 2.65 bits per heavy atom. The SMILES string of the molecule is COC(=O)[C@H]1CN(C(=O)C[NH+](C)CC(=O)Nc2ccc(Cl)cc2)CCS1. The molecule has 2 atom stereocenters. The number of carbonyl (C=O) groups excluding carboxylic acids is 3. The summed E-state index contributed by atoms with van der Waals surface area (Å²) in [4.78, 5) is 38.6. The van der Waals surface area contributed by atoms with Crippen LogP contribution < -0.4 is 10.2 Å². The Morgan fingerprint density at radius 1 is 1.31 bits per heavy atom. The molecule has 2 amide bonds. The number of esters is 1. The number of nitrogens with zero attached hydrogens (tertiary/aromatic N) is 1. The van der Waals surface area contributed by atoms with Gasteiger partial charge in [0, 0.05) is 29.6 Å². The first kappa shape index (κ1) is 20.5. The lowest BCUT2D eigenvalue weighted by Crippen LogP contribution is -3.11. The zero-order valence-electron chi connectivity index (χ0n) is 14.8. The standard InChI is InChI=1S/C17H22ClN3O4S/c1-20(10-15(22)19-13-5-3-12(18)4-6-13)11-16(23)21-7-8-26-14(9-21)17(24)25-2/h3-6,14H,7-11H2,1-2H3,(H,19,22)/p+1/t14-/m1/s1. The molecule has 1 aromatic rings. The lowest BCUT2D eigenvalue weighted by molar-refractivity contribution is -0.862. The second-order valence-electron chi connectivity index (χ2n) is 6.09. The molecule has 2 N–H and O–H groups in total. The second kappa shape index (κ2) is 9.80. The summed E-state index contributed by atoms with van der Waals surface area (Å²) in [6.07, 6.45) is 0. The van der Waals surface area contributed by atoms with Gasteiger partial charge in [-0.1, -0.05) is 11.6 Å². The maximum absolute atomic E-state index is 12.4.